The lowest BCUT2D eigenvalue weighted by Gasteiger charge is -2.35. The third kappa shape index (κ3) is 2.65. The number of aryl methyl sites for hydroxylation is 1. The molecule has 3 heterocycles. The number of amides is 1. The molecule has 2 atom stereocenters. The molecular weight excluding hydrogens is 290 g/mol. The summed E-state index contributed by atoms with van der Waals surface area (Å²) in [5, 5.41) is 4.31. The molecule has 0 bridgehead atoms. The van der Waals surface area contributed by atoms with Crippen LogP contribution in [0.4, 0.5) is 0 Å². The molecule has 1 saturated heterocycles. The van der Waals surface area contributed by atoms with Gasteiger partial charge in [-0.05, 0) is 23.1 Å². The van der Waals surface area contributed by atoms with Crippen molar-refractivity contribution in [1.82, 2.24) is 14.7 Å². The van der Waals surface area contributed by atoms with Gasteiger partial charge in [-0.3, -0.25) is 9.48 Å². The van der Waals surface area contributed by atoms with E-state index in [2.05, 4.69) is 23.3 Å². The van der Waals surface area contributed by atoms with E-state index in [1.165, 1.54) is 16.7 Å². The molecule has 1 aromatic carbocycles. The number of hydrogen-bond donors (Lipinski definition) is 0. The number of carbonyl (C=O) groups excluding carboxylic acids is 1. The van der Waals surface area contributed by atoms with Gasteiger partial charge in [-0.1, -0.05) is 24.3 Å². The van der Waals surface area contributed by atoms with Gasteiger partial charge in [-0.15, -0.1) is 0 Å². The molecule has 23 heavy (non-hydrogen) atoms. The largest absolute Gasteiger partial charge is 0.381 e. The van der Waals surface area contributed by atoms with Gasteiger partial charge in [0, 0.05) is 38.9 Å². The van der Waals surface area contributed by atoms with Gasteiger partial charge in [0.2, 0.25) is 5.91 Å². The number of benzene rings is 1. The molecule has 0 aliphatic carbocycles. The van der Waals surface area contributed by atoms with Gasteiger partial charge in [0.05, 0.1) is 18.7 Å². The summed E-state index contributed by atoms with van der Waals surface area (Å²) in [5.41, 5.74) is 3.72. The lowest BCUT2D eigenvalue weighted by molar-refractivity contribution is -0.136. The highest BCUT2D eigenvalue weighted by Crippen LogP contribution is 2.34. The molecule has 0 spiro atoms. The van der Waals surface area contributed by atoms with Crippen LogP contribution < -0.4 is 0 Å². The van der Waals surface area contributed by atoms with E-state index in [4.69, 9.17) is 4.74 Å². The summed E-state index contributed by atoms with van der Waals surface area (Å²) < 4.78 is 7.22. The Labute approximate surface area is 135 Å². The van der Waals surface area contributed by atoms with Crippen LogP contribution in [0.25, 0.3) is 0 Å². The average Bonchev–Trinajstić information content (AvgIpc) is 3.24. The summed E-state index contributed by atoms with van der Waals surface area (Å²) in [5.74, 6) is 0.445. The second-order valence-corrected chi connectivity index (χ2v) is 6.48. The van der Waals surface area contributed by atoms with Crippen molar-refractivity contribution < 1.29 is 9.53 Å². The molecule has 2 aliphatic heterocycles. The molecule has 0 saturated carbocycles. The van der Waals surface area contributed by atoms with E-state index in [1.54, 1.807) is 0 Å². The van der Waals surface area contributed by atoms with Crippen LogP contribution in [0.1, 0.15) is 29.0 Å². The fraction of sp³-hybridized carbons (Fsp3) is 0.444. The number of hydrogen-bond acceptors (Lipinski definition) is 3. The minimum absolute atomic E-state index is 0.0230. The van der Waals surface area contributed by atoms with E-state index in [0.29, 0.717) is 19.8 Å². The van der Waals surface area contributed by atoms with Crippen molar-refractivity contribution in [2.24, 2.45) is 13.0 Å². The van der Waals surface area contributed by atoms with Gasteiger partial charge in [-0.2, -0.15) is 5.10 Å². The zero-order chi connectivity index (χ0) is 15.8. The van der Waals surface area contributed by atoms with Gasteiger partial charge in [0.15, 0.2) is 0 Å². The molecule has 1 fully saturated rings. The van der Waals surface area contributed by atoms with Crippen LogP contribution in [-0.4, -0.2) is 40.3 Å². The lowest BCUT2D eigenvalue weighted by Crippen LogP contribution is -2.42. The van der Waals surface area contributed by atoms with Crippen LogP contribution in [0.5, 0.6) is 0 Å². The van der Waals surface area contributed by atoms with E-state index in [9.17, 15) is 4.79 Å². The Bertz CT molecular complexity index is 719. The Morgan fingerprint density at radius 2 is 2.22 bits per heavy atom. The number of nitrogens with zero attached hydrogens (tertiary/aromatic N) is 3. The molecule has 120 valence electrons. The summed E-state index contributed by atoms with van der Waals surface area (Å²) in [6.45, 7) is 2.68. The van der Waals surface area contributed by atoms with Gasteiger partial charge >= 0.3 is 0 Å². The van der Waals surface area contributed by atoms with Gasteiger partial charge in [0.25, 0.3) is 0 Å². The molecule has 4 rings (SSSR count). The lowest BCUT2D eigenvalue weighted by atomic mass is 9.85. The summed E-state index contributed by atoms with van der Waals surface area (Å²) in [6, 6.07) is 8.42. The van der Waals surface area contributed by atoms with Crippen LogP contribution in [0, 0.1) is 5.92 Å². The van der Waals surface area contributed by atoms with Crippen molar-refractivity contribution in [3.8, 4) is 0 Å². The van der Waals surface area contributed by atoms with Crippen LogP contribution in [0.2, 0.25) is 0 Å². The Hall–Kier alpha value is -2.14. The molecule has 2 aliphatic rings. The second-order valence-electron chi connectivity index (χ2n) is 6.48. The number of rotatable bonds is 2. The highest BCUT2D eigenvalue weighted by atomic mass is 16.5. The zero-order valence-electron chi connectivity index (χ0n) is 13.3. The second kappa shape index (κ2) is 5.81. The van der Waals surface area contributed by atoms with E-state index < -0.39 is 0 Å². The molecule has 1 amide bonds. The van der Waals surface area contributed by atoms with Gasteiger partial charge in [-0.25, -0.2) is 0 Å². The monoisotopic (exact) mass is 311 g/mol. The standard InChI is InChI=1S/C18H21N3O2/c1-20-9-15(8-19-20)17-11-21(18(22)14-6-7-23-12-14)10-13-4-2-3-5-16(13)17/h2-5,8-9,14,17H,6-7,10-12H2,1H3. The molecule has 1 aromatic heterocycles. The summed E-state index contributed by atoms with van der Waals surface area (Å²) in [7, 11) is 1.93. The maximum Gasteiger partial charge on any atom is 0.228 e. The summed E-state index contributed by atoms with van der Waals surface area (Å²) in [4.78, 5) is 14.8. The predicted octanol–water partition coefficient (Wildman–Crippen LogP) is 1.93. The van der Waals surface area contributed by atoms with Crippen LogP contribution in [-0.2, 0) is 23.1 Å². The molecule has 5 heteroatoms. The number of carbonyl (C=O) groups is 1. The SMILES string of the molecule is Cn1cc(C2CN(C(=O)C3CCOC3)Cc3ccccc32)cn1. The van der Waals surface area contributed by atoms with Crippen molar-refractivity contribution in [2.45, 2.75) is 18.9 Å². The smallest absolute Gasteiger partial charge is 0.228 e. The van der Waals surface area contributed by atoms with Gasteiger partial charge in [0.1, 0.15) is 0 Å². The fourth-order valence-corrected chi connectivity index (χ4v) is 3.67. The number of fused-ring (bicyclic) bond motifs is 1. The average molecular weight is 311 g/mol. The van der Waals surface area contributed by atoms with Crippen molar-refractivity contribution in [3.63, 3.8) is 0 Å². The predicted molar refractivity (Wildman–Crippen MR) is 85.8 cm³/mol. The van der Waals surface area contributed by atoms with Crippen molar-refractivity contribution in [1.29, 1.82) is 0 Å². The molecule has 2 aromatic rings. The van der Waals surface area contributed by atoms with Crippen LogP contribution in [0.15, 0.2) is 36.7 Å². The number of ether oxygens (including phenoxy) is 1. The first-order valence-corrected chi connectivity index (χ1v) is 8.15. The normalized spacial score (nSPS) is 23.8. The highest BCUT2D eigenvalue weighted by molar-refractivity contribution is 5.79. The topological polar surface area (TPSA) is 47.4 Å². The van der Waals surface area contributed by atoms with E-state index in [1.807, 2.05) is 35.1 Å². The molecular formula is C18H21N3O2. The quantitative estimate of drug-likeness (QED) is 0.851. The molecule has 5 nitrogen and oxygen atoms in total. The van der Waals surface area contributed by atoms with E-state index >= 15 is 0 Å². The third-order valence-electron chi connectivity index (χ3n) is 4.91. The van der Waals surface area contributed by atoms with E-state index in [-0.39, 0.29) is 17.7 Å². The summed E-state index contributed by atoms with van der Waals surface area (Å²) >= 11 is 0. The fourth-order valence-electron chi connectivity index (χ4n) is 3.67. The Balaban J connectivity index is 1.66. The zero-order valence-corrected chi connectivity index (χ0v) is 13.3. The Morgan fingerprint density at radius 3 is 2.96 bits per heavy atom. The first-order valence-electron chi connectivity index (χ1n) is 8.15. The van der Waals surface area contributed by atoms with Crippen molar-refractivity contribution >= 4 is 5.91 Å². The molecule has 2 unspecified atom stereocenters. The van der Waals surface area contributed by atoms with Gasteiger partial charge < -0.3 is 9.64 Å². The Morgan fingerprint density at radius 1 is 1.35 bits per heavy atom. The van der Waals surface area contributed by atoms with E-state index in [0.717, 1.165) is 13.0 Å². The minimum atomic E-state index is 0.0230. The minimum Gasteiger partial charge on any atom is -0.381 e. The third-order valence-corrected chi connectivity index (χ3v) is 4.91. The Kier molecular flexibility index (Phi) is 3.65. The van der Waals surface area contributed by atoms with Crippen LogP contribution >= 0.6 is 0 Å². The maximum atomic E-state index is 12.8. The molecule has 0 N–H and O–H groups in total. The van der Waals surface area contributed by atoms with Crippen LogP contribution in [0.3, 0.4) is 0 Å². The van der Waals surface area contributed by atoms with Crippen molar-refractivity contribution in [2.75, 3.05) is 19.8 Å². The maximum absolute atomic E-state index is 12.8. The number of aromatic nitrogens is 2. The molecule has 0 radical (unpaired) electrons. The first kappa shape index (κ1) is 14.5. The summed E-state index contributed by atoms with van der Waals surface area (Å²) in [6.07, 6.45) is 4.80. The first-order chi connectivity index (χ1) is 11.2. The highest BCUT2D eigenvalue weighted by Gasteiger charge is 2.34. The van der Waals surface area contributed by atoms with Crippen molar-refractivity contribution in [3.05, 3.63) is 53.3 Å².